The molecule has 0 spiro atoms. The van der Waals surface area contributed by atoms with Gasteiger partial charge in [-0.1, -0.05) is 43.6 Å². The van der Waals surface area contributed by atoms with E-state index in [1.807, 2.05) is 0 Å². The van der Waals surface area contributed by atoms with Crippen molar-refractivity contribution in [3.05, 3.63) is 62.9 Å². The summed E-state index contributed by atoms with van der Waals surface area (Å²) in [6.45, 7) is 7.26. The normalized spacial score (nSPS) is 12.9. The van der Waals surface area contributed by atoms with E-state index in [0.717, 1.165) is 23.0 Å². The summed E-state index contributed by atoms with van der Waals surface area (Å²) >= 11 is 8.19. The highest BCUT2D eigenvalue weighted by atomic mass is 35.5. The maximum atomic E-state index is 6.39. The minimum Gasteiger partial charge on any atom is -0.305 e. The van der Waals surface area contributed by atoms with Crippen LogP contribution >= 0.6 is 22.9 Å². The van der Waals surface area contributed by atoms with Gasteiger partial charge in [0.15, 0.2) is 0 Å². The summed E-state index contributed by atoms with van der Waals surface area (Å²) in [7, 11) is 0. The van der Waals surface area contributed by atoms with Gasteiger partial charge in [-0.2, -0.15) is 0 Å². The lowest BCUT2D eigenvalue weighted by Gasteiger charge is -2.21. The van der Waals surface area contributed by atoms with Crippen molar-refractivity contribution < 1.29 is 0 Å². The molecule has 0 aliphatic heterocycles. The molecule has 2 aromatic heterocycles. The number of aryl methyl sites for hydroxylation is 1. The Hall–Kier alpha value is -1.42. The van der Waals surface area contributed by atoms with Gasteiger partial charge in [-0.05, 0) is 42.0 Å². The third-order valence-electron chi connectivity index (χ3n) is 4.03. The Bertz CT molecular complexity index is 796. The molecule has 3 rings (SSSR count). The third kappa shape index (κ3) is 3.74. The molecule has 2 heterocycles. The van der Waals surface area contributed by atoms with Crippen molar-refractivity contribution in [2.24, 2.45) is 5.92 Å². The standard InChI is InChI=1S/C19H21ClN2S/c1-12(2)18(17-5-4-8-23-17)21-11-15-10-14-7-6-13(3)9-16(14)22-19(15)20/h4-10,12,18,21H,11H2,1-3H3/t18-/m0/s1. The Labute approximate surface area is 146 Å². The average Bonchev–Trinajstić information content (AvgIpc) is 3.01. The highest BCUT2D eigenvalue weighted by Gasteiger charge is 2.17. The predicted octanol–water partition coefficient (Wildman–Crippen LogP) is 5.75. The van der Waals surface area contributed by atoms with Crippen LogP contribution in [-0.4, -0.2) is 4.98 Å². The smallest absolute Gasteiger partial charge is 0.134 e. The fraction of sp³-hybridized carbons (Fsp3) is 0.316. The molecule has 1 N–H and O–H groups in total. The number of aromatic nitrogens is 1. The summed E-state index contributed by atoms with van der Waals surface area (Å²) in [4.78, 5) is 5.91. The van der Waals surface area contributed by atoms with Crippen LogP contribution in [0.5, 0.6) is 0 Å². The number of nitrogens with zero attached hydrogens (tertiary/aromatic N) is 1. The Morgan fingerprint density at radius 3 is 2.74 bits per heavy atom. The first-order valence-electron chi connectivity index (χ1n) is 7.87. The molecule has 0 saturated carbocycles. The van der Waals surface area contributed by atoms with E-state index in [2.05, 4.69) is 72.9 Å². The Morgan fingerprint density at radius 1 is 1.22 bits per heavy atom. The molecule has 3 aromatic rings. The zero-order valence-corrected chi connectivity index (χ0v) is 15.2. The highest BCUT2D eigenvalue weighted by Crippen LogP contribution is 2.27. The largest absolute Gasteiger partial charge is 0.305 e. The number of benzene rings is 1. The number of rotatable bonds is 5. The van der Waals surface area contributed by atoms with Crippen LogP contribution < -0.4 is 5.32 Å². The van der Waals surface area contributed by atoms with Crippen LogP contribution in [0.1, 0.15) is 35.9 Å². The number of halogens is 1. The monoisotopic (exact) mass is 344 g/mol. The van der Waals surface area contributed by atoms with Gasteiger partial charge in [0, 0.05) is 28.4 Å². The maximum Gasteiger partial charge on any atom is 0.134 e. The predicted molar refractivity (Wildman–Crippen MR) is 100 cm³/mol. The number of hydrogen-bond donors (Lipinski definition) is 1. The molecule has 0 amide bonds. The molecule has 120 valence electrons. The lowest BCUT2D eigenvalue weighted by atomic mass is 10.0. The molecule has 1 atom stereocenters. The number of thiophene rings is 1. The van der Waals surface area contributed by atoms with Gasteiger partial charge in [0.2, 0.25) is 0 Å². The molecule has 0 aliphatic carbocycles. The summed E-state index contributed by atoms with van der Waals surface area (Å²) in [6, 6.07) is 13.0. The van der Waals surface area contributed by atoms with E-state index >= 15 is 0 Å². The van der Waals surface area contributed by atoms with E-state index < -0.39 is 0 Å². The molecule has 4 heteroatoms. The molecule has 1 aromatic carbocycles. The molecule has 0 aliphatic rings. The fourth-order valence-electron chi connectivity index (χ4n) is 2.77. The maximum absolute atomic E-state index is 6.39. The van der Waals surface area contributed by atoms with Crippen molar-refractivity contribution >= 4 is 33.8 Å². The summed E-state index contributed by atoms with van der Waals surface area (Å²) in [5.41, 5.74) is 3.20. The summed E-state index contributed by atoms with van der Waals surface area (Å²) in [5.74, 6) is 0.517. The van der Waals surface area contributed by atoms with Crippen molar-refractivity contribution in [2.45, 2.75) is 33.4 Å². The van der Waals surface area contributed by atoms with Crippen molar-refractivity contribution in [3.63, 3.8) is 0 Å². The van der Waals surface area contributed by atoms with Gasteiger partial charge in [-0.15, -0.1) is 11.3 Å². The SMILES string of the molecule is Cc1ccc2cc(CN[C@H](c3cccs3)C(C)C)c(Cl)nc2c1. The first kappa shape index (κ1) is 16.4. The second-order valence-corrected chi connectivity index (χ2v) is 7.59. The quantitative estimate of drug-likeness (QED) is 0.596. The number of pyridine rings is 1. The topological polar surface area (TPSA) is 24.9 Å². The van der Waals surface area contributed by atoms with E-state index in [-0.39, 0.29) is 0 Å². The zero-order valence-electron chi connectivity index (χ0n) is 13.6. The fourth-order valence-corrected chi connectivity index (χ4v) is 3.96. The van der Waals surface area contributed by atoms with Gasteiger partial charge in [-0.3, -0.25) is 0 Å². The Balaban J connectivity index is 1.83. The molecule has 23 heavy (non-hydrogen) atoms. The molecule has 0 radical (unpaired) electrons. The summed E-state index contributed by atoms with van der Waals surface area (Å²) in [5, 5.41) is 7.49. The van der Waals surface area contributed by atoms with Crippen LogP contribution in [0.15, 0.2) is 41.8 Å². The lowest BCUT2D eigenvalue weighted by molar-refractivity contribution is 0.416. The highest BCUT2D eigenvalue weighted by molar-refractivity contribution is 7.10. The number of nitrogens with one attached hydrogen (secondary N) is 1. The van der Waals surface area contributed by atoms with Gasteiger partial charge < -0.3 is 5.32 Å². The molecule has 0 saturated heterocycles. The molecule has 0 bridgehead atoms. The van der Waals surface area contributed by atoms with E-state index in [9.17, 15) is 0 Å². The van der Waals surface area contributed by atoms with Crippen molar-refractivity contribution in [1.29, 1.82) is 0 Å². The number of fused-ring (bicyclic) bond motifs is 1. The van der Waals surface area contributed by atoms with E-state index in [1.165, 1.54) is 10.4 Å². The van der Waals surface area contributed by atoms with Crippen LogP contribution in [0.3, 0.4) is 0 Å². The lowest BCUT2D eigenvalue weighted by Crippen LogP contribution is -2.24. The molecular weight excluding hydrogens is 324 g/mol. The van der Waals surface area contributed by atoms with E-state index in [4.69, 9.17) is 11.6 Å². The second-order valence-electron chi connectivity index (χ2n) is 6.25. The van der Waals surface area contributed by atoms with Crippen molar-refractivity contribution in [1.82, 2.24) is 10.3 Å². The molecule has 0 unspecified atom stereocenters. The molecule has 0 fully saturated rings. The minimum atomic E-state index is 0.333. The van der Waals surface area contributed by atoms with Crippen LogP contribution in [0.4, 0.5) is 0 Å². The van der Waals surface area contributed by atoms with Gasteiger partial charge in [-0.25, -0.2) is 4.98 Å². The Kier molecular flexibility index (Phi) is 5.00. The first-order valence-corrected chi connectivity index (χ1v) is 9.13. The summed E-state index contributed by atoms with van der Waals surface area (Å²) < 4.78 is 0. The van der Waals surface area contributed by atoms with Crippen LogP contribution in [-0.2, 0) is 6.54 Å². The van der Waals surface area contributed by atoms with Crippen LogP contribution in [0.2, 0.25) is 5.15 Å². The second kappa shape index (κ2) is 7.00. The van der Waals surface area contributed by atoms with E-state index in [1.54, 1.807) is 11.3 Å². The van der Waals surface area contributed by atoms with Gasteiger partial charge in [0.25, 0.3) is 0 Å². The van der Waals surface area contributed by atoms with Crippen molar-refractivity contribution in [3.8, 4) is 0 Å². The number of hydrogen-bond acceptors (Lipinski definition) is 3. The molecule has 2 nitrogen and oxygen atoms in total. The van der Waals surface area contributed by atoms with Gasteiger partial charge >= 0.3 is 0 Å². The average molecular weight is 345 g/mol. The first-order chi connectivity index (χ1) is 11.0. The van der Waals surface area contributed by atoms with Crippen LogP contribution in [0.25, 0.3) is 10.9 Å². The van der Waals surface area contributed by atoms with E-state index in [0.29, 0.717) is 17.1 Å². The van der Waals surface area contributed by atoms with Crippen molar-refractivity contribution in [2.75, 3.05) is 0 Å². The molecular formula is C19H21ClN2S. The minimum absolute atomic E-state index is 0.333. The third-order valence-corrected chi connectivity index (χ3v) is 5.31. The van der Waals surface area contributed by atoms with Gasteiger partial charge in [0.1, 0.15) is 5.15 Å². The Morgan fingerprint density at radius 2 is 2.04 bits per heavy atom. The van der Waals surface area contributed by atoms with Crippen LogP contribution in [0, 0.1) is 12.8 Å². The summed E-state index contributed by atoms with van der Waals surface area (Å²) in [6.07, 6.45) is 0. The van der Waals surface area contributed by atoms with Gasteiger partial charge in [0.05, 0.1) is 5.52 Å². The zero-order chi connectivity index (χ0) is 16.4.